The van der Waals surface area contributed by atoms with Crippen molar-refractivity contribution in [2.75, 3.05) is 5.32 Å². The van der Waals surface area contributed by atoms with Crippen LogP contribution < -0.4 is 15.8 Å². The molecule has 6 nitrogen and oxygen atoms in total. The zero-order chi connectivity index (χ0) is 17.0. The average molecular weight is 358 g/mol. The molecular formula is C15H20ClN3O3S. The van der Waals surface area contributed by atoms with Gasteiger partial charge in [-0.1, -0.05) is 23.3 Å². The van der Waals surface area contributed by atoms with Gasteiger partial charge in [0, 0.05) is 6.04 Å². The van der Waals surface area contributed by atoms with Crippen LogP contribution in [0.25, 0.3) is 0 Å². The Morgan fingerprint density at radius 3 is 2.70 bits per heavy atom. The highest BCUT2D eigenvalue weighted by Gasteiger charge is 2.16. The molecular weight excluding hydrogens is 338 g/mol. The molecule has 0 heterocycles. The van der Waals surface area contributed by atoms with Crippen LogP contribution in [-0.4, -0.2) is 20.5 Å². The normalized spacial score (nSPS) is 16.4. The minimum absolute atomic E-state index is 0.0875. The third kappa shape index (κ3) is 4.95. The number of halogens is 1. The van der Waals surface area contributed by atoms with E-state index in [1.165, 1.54) is 30.2 Å². The SMILES string of the molecule is C[C@@H](NC(=O)Nc1cc(S(N)(=O)=O)ccc1Cl)C1=CCCCC1. The number of nitrogens with one attached hydrogen (secondary N) is 2. The van der Waals surface area contributed by atoms with Crippen molar-refractivity contribution in [2.24, 2.45) is 5.14 Å². The number of hydrogen-bond acceptors (Lipinski definition) is 3. The highest BCUT2D eigenvalue weighted by molar-refractivity contribution is 7.89. The maximum absolute atomic E-state index is 12.1. The van der Waals surface area contributed by atoms with Crippen LogP contribution in [-0.2, 0) is 10.0 Å². The molecule has 0 aromatic heterocycles. The zero-order valence-electron chi connectivity index (χ0n) is 12.8. The van der Waals surface area contributed by atoms with Crippen LogP contribution in [0.4, 0.5) is 10.5 Å². The summed E-state index contributed by atoms with van der Waals surface area (Å²) in [5.74, 6) is 0. The van der Waals surface area contributed by atoms with Crippen LogP contribution in [0.5, 0.6) is 0 Å². The molecule has 23 heavy (non-hydrogen) atoms. The summed E-state index contributed by atoms with van der Waals surface area (Å²) in [5, 5.41) is 10.7. The van der Waals surface area contributed by atoms with E-state index in [9.17, 15) is 13.2 Å². The van der Waals surface area contributed by atoms with Crippen LogP contribution in [0.1, 0.15) is 32.6 Å². The monoisotopic (exact) mass is 357 g/mol. The molecule has 0 saturated carbocycles. The number of carbonyl (C=O) groups excluding carboxylic acids is 1. The minimum atomic E-state index is -3.86. The molecule has 1 aliphatic rings. The van der Waals surface area contributed by atoms with Gasteiger partial charge in [0.05, 0.1) is 15.6 Å². The number of allylic oxidation sites excluding steroid dienone is 1. The summed E-state index contributed by atoms with van der Waals surface area (Å²) in [4.78, 5) is 12.0. The number of anilines is 1. The van der Waals surface area contributed by atoms with Gasteiger partial charge in [-0.15, -0.1) is 0 Å². The first kappa shape index (κ1) is 17.8. The van der Waals surface area contributed by atoms with Crippen LogP contribution in [0.15, 0.2) is 34.7 Å². The van der Waals surface area contributed by atoms with E-state index >= 15 is 0 Å². The number of carbonyl (C=O) groups is 1. The second-order valence-corrected chi connectivity index (χ2v) is 7.50. The van der Waals surface area contributed by atoms with E-state index in [-0.39, 0.29) is 21.6 Å². The van der Waals surface area contributed by atoms with Gasteiger partial charge in [0.2, 0.25) is 10.0 Å². The predicted octanol–water partition coefficient (Wildman–Crippen LogP) is 3.00. The first-order valence-electron chi connectivity index (χ1n) is 7.36. The molecule has 1 aliphatic carbocycles. The van der Waals surface area contributed by atoms with Crippen LogP contribution >= 0.6 is 11.6 Å². The molecule has 2 amide bonds. The Kier molecular flexibility index (Phi) is 5.67. The van der Waals surface area contributed by atoms with Gasteiger partial charge in [0.1, 0.15) is 0 Å². The molecule has 0 unspecified atom stereocenters. The quantitative estimate of drug-likeness (QED) is 0.722. The van der Waals surface area contributed by atoms with E-state index in [4.69, 9.17) is 16.7 Å². The third-order valence-corrected chi connectivity index (χ3v) is 4.99. The summed E-state index contributed by atoms with van der Waals surface area (Å²) < 4.78 is 22.7. The summed E-state index contributed by atoms with van der Waals surface area (Å²) in [6.45, 7) is 1.92. The molecule has 0 aliphatic heterocycles. The Balaban J connectivity index is 2.06. The number of benzene rings is 1. The smallest absolute Gasteiger partial charge is 0.319 e. The highest BCUT2D eigenvalue weighted by Crippen LogP contribution is 2.25. The van der Waals surface area contributed by atoms with Crippen molar-refractivity contribution < 1.29 is 13.2 Å². The van der Waals surface area contributed by atoms with E-state index < -0.39 is 16.1 Å². The topological polar surface area (TPSA) is 101 Å². The number of amides is 2. The second-order valence-electron chi connectivity index (χ2n) is 5.53. The Hall–Kier alpha value is -1.57. The summed E-state index contributed by atoms with van der Waals surface area (Å²) >= 11 is 5.99. The Morgan fingerprint density at radius 2 is 2.09 bits per heavy atom. The summed E-state index contributed by atoms with van der Waals surface area (Å²) in [5.41, 5.74) is 1.40. The number of urea groups is 1. The molecule has 0 spiro atoms. The third-order valence-electron chi connectivity index (χ3n) is 3.74. The molecule has 1 aromatic carbocycles. The van der Waals surface area contributed by atoms with Crippen molar-refractivity contribution in [3.63, 3.8) is 0 Å². The molecule has 0 fully saturated rings. The lowest BCUT2D eigenvalue weighted by atomic mass is 9.95. The van der Waals surface area contributed by atoms with Crippen LogP contribution in [0.3, 0.4) is 0 Å². The Morgan fingerprint density at radius 1 is 1.35 bits per heavy atom. The number of primary sulfonamides is 1. The van der Waals surface area contributed by atoms with Gasteiger partial charge >= 0.3 is 6.03 Å². The maximum Gasteiger partial charge on any atom is 0.319 e. The van der Waals surface area contributed by atoms with Gasteiger partial charge in [0.25, 0.3) is 0 Å². The van der Waals surface area contributed by atoms with E-state index in [0.717, 1.165) is 19.3 Å². The summed E-state index contributed by atoms with van der Waals surface area (Å²) in [7, 11) is -3.86. The number of sulfonamides is 1. The largest absolute Gasteiger partial charge is 0.332 e. The van der Waals surface area contributed by atoms with Crippen molar-refractivity contribution in [3.8, 4) is 0 Å². The van der Waals surface area contributed by atoms with Crippen molar-refractivity contribution in [3.05, 3.63) is 34.9 Å². The number of rotatable bonds is 4. The molecule has 4 N–H and O–H groups in total. The molecule has 8 heteroatoms. The van der Waals surface area contributed by atoms with Gasteiger partial charge in [0.15, 0.2) is 0 Å². The van der Waals surface area contributed by atoms with Crippen molar-refractivity contribution in [2.45, 2.75) is 43.5 Å². The Bertz CT molecular complexity index is 731. The lowest BCUT2D eigenvalue weighted by molar-refractivity contribution is 0.250. The van der Waals surface area contributed by atoms with Gasteiger partial charge in [-0.3, -0.25) is 0 Å². The highest BCUT2D eigenvalue weighted by atomic mass is 35.5. The standard InChI is InChI=1S/C15H20ClN3O3S/c1-10(11-5-3-2-4-6-11)18-15(20)19-14-9-12(23(17,21)22)7-8-13(14)16/h5,7-10H,2-4,6H2,1H3,(H2,17,21,22)(H2,18,19,20)/t10-/m1/s1. The molecule has 1 atom stereocenters. The van der Waals surface area contributed by atoms with E-state index in [2.05, 4.69) is 16.7 Å². The van der Waals surface area contributed by atoms with Crippen molar-refractivity contribution in [1.29, 1.82) is 0 Å². The van der Waals surface area contributed by atoms with E-state index in [0.29, 0.717) is 0 Å². The van der Waals surface area contributed by atoms with Crippen LogP contribution in [0.2, 0.25) is 5.02 Å². The van der Waals surface area contributed by atoms with Gasteiger partial charge in [-0.2, -0.15) is 0 Å². The molecule has 0 radical (unpaired) electrons. The average Bonchev–Trinajstić information content (AvgIpc) is 2.49. The summed E-state index contributed by atoms with van der Waals surface area (Å²) in [6.07, 6.45) is 6.47. The van der Waals surface area contributed by atoms with E-state index in [1.807, 2.05) is 6.92 Å². The van der Waals surface area contributed by atoms with Gasteiger partial charge < -0.3 is 10.6 Å². The predicted molar refractivity (Wildman–Crippen MR) is 91.0 cm³/mol. The van der Waals surface area contributed by atoms with Gasteiger partial charge in [-0.05, 0) is 50.8 Å². The van der Waals surface area contributed by atoms with E-state index in [1.54, 1.807) is 0 Å². The first-order chi connectivity index (χ1) is 10.8. The van der Waals surface area contributed by atoms with Crippen molar-refractivity contribution >= 4 is 33.3 Å². The summed E-state index contributed by atoms with van der Waals surface area (Å²) in [6, 6.07) is 3.37. The molecule has 0 saturated heterocycles. The lowest BCUT2D eigenvalue weighted by Gasteiger charge is -2.21. The molecule has 126 valence electrons. The lowest BCUT2D eigenvalue weighted by Crippen LogP contribution is -2.37. The number of hydrogen-bond donors (Lipinski definition) is 3. The Labute approximate surface area is 141 Å². The molecule has 0 bridgehead atoms. The fraction of sp³-hybridized carbons (Fsp3) is 0.400. The van der Waals surface area contributed by atoms with Crippen molar-refractivity contribution in [1.82, 2.24) is 5.32 Å². The molecule has 2 rings (SSSR count). The number of nitrogens with two attached hydrogens (primary N) is 1. The van der Waals surface area contributed by atoms with Crippen LogP contribution in [0, 0.1) is 0 Å². The fourth-order valence-electron chi connectivity index (χ4n) is 2.48. The minimum Gasteiger partial charge on any atom is -0.332 e. The first-order valence-corrected chi connectivity index (χ1v) is 9.28. The fourth-order valence-corrected chi connectivity index (χ4v) is 3.19. The maximum atomic E-state index is 12.1. The molecule has 1 aromatic rings. The van der Waals surface area contributed by atoms with Gasteiger partial charge in [-0.25, -0.2) is 18.4 Å². The second kappa shape index (κ2) is 7.33. The zero-order valence-corrected chi connectivity index (χ0v) is 14.4.